The molecule has 6 nitrogen and oxygen atoms in total. The molecule has 138 valence electrons. The molecule has 0 fully saturated rings. The lowest BCUT2D eigenvalue weighted by Gasteiger charge is -2.11. The first kappa shape index (κ1) is 19.5. The van der Waals surface area contributed by atoms with E-state index in [1.54, 1.807) is 6.07 Å². The van der Waals surface area contributed by atoms with Gasteiger partial charge in [-0.05, 0) is 29.8 Å². The fourth-order valence-corrected chi connectivity index (χ4v) is 2.32. The lowest BCUT2D eigenvalue weighted by molar-refractivity contribution is -0.124. The molecule has 1 N–H and O–H groups in total. The molecule has 0 aliphatic rings. The van der Waals surface area contributed by atoms with Gasteiger partial charge in [0.15, 0.2) is 6.61 Å². The number of rotatable bonds is 7. The Morgan fingerprint density at radius 2 is 1.88 bits per heavy atom. The van der Waals surface area contributed by atoms with Crippen LogP contribution >= 0.6 is 11.6 Å². The zero-order chi connectivity index (χ0) is 19.1. The second-order valence-electron chi connectivity index (χ2n) is 5.15. The van der Waals surface area contributed by atoms with Gasteiger partial charge in [0.1, 0.15) is 22.9 Å². The van der Waals surface area contributed by atoms with Crippen LogP contribution in [0.2, 0.25) is 5.02 Å². The van der Waals surface area contributed by atoms with E-state index in [-0.39, 0.29) is 22.9 Å². The van der Waals surface area contributed by atoms with E-state index >= 15 is 0 Å². The highest BCUT2D eigenvalue weighted by Crippen LogP contribution is 2.25. The zero-order valence-electron chi connectivity index (χ0n) is 14.2. The maximum Gasteiger partial charge on any atom is 0.342 e. The van der Waals surface area contributed by atoms with Gasteiger partial charge in [-0.3, -0.25) is 4.79 Å². The average molecular weight is 382 g/mol. The molecule has 0 atom stereocenters. The van der Waals surface area contributed by atoms with Gasteiger partial charge in [0.05, 0.1) is 14.2 Å². The van der Waals surface area contributed by atoms with E-state index < -0.39 is 24.3 Å². The molecule has 2 rings (SSSR count). The molecule has 0 bridgehead atoms. The van der Waals surface area contributed by atoms with Crippen LogP contribution in [0, 0.1) is 5.82 Å². The van der Waals surface area contributed by atoms with Gasteiger partial charge in [-0.15, -0.1) is 0 Å². The van der Waals surface area contributed by atoms with Crippen molar-refractivity contribution in [3.05, 3.63) is 58.4 Å². The predicted molar refractivity (Wildman–Crippen MR) is 93.1 cm³/mol. The fourth-order valence-electron chi connectivity index (χ4n) is 2.09. The van der Waals surface area contributed by atoms with Gasteiger partial charge >= 0.3 is 5.97 Å². The summed E-state index contributed by atoms with van der Waals surface area (Å²) in [5.41, 5.74) is 0.715. The molecule has 2 aromatic rings. The minimum Gasteiger partial charge on any atom is -0.497 e. The normalized spacial score (nSPS) is 10.2. The van der Waals surface area contributed by atoms with Gasteiger partial charge < -0.3 is 19.5 Å². The van der Waals surface area contributed by atoms with Crippen LogP contribution in [0.3, 0.4) is 0 Å². The largest absolute Gasteiger partial charge is 0.497 e. The number of carbonyl (C=O) groups excluding carboxylic acids is 2. The summed E-state index contributed by atoms with van der Waals surface area (Å²) in [5.74, 6) is -0.904. The summed E-state index contributed by atoms with van der Waals surface area (Å²) in [6.45, 7) is -0.395. The van der Waals surface area contributed by atoms with Gasteiger partial charge in [0.25, 0.3) is 5.91 Å². The lowest BCUT2D eigenvalue weighted by atomic mass is 10.2. The number of methoxy groups -OCH3 is 2. The molecule has 2 aromatic carbocycles. The Balaban J connectivity index is 1.89. The first-order valence-corrected chi connectivity index (χ1v) is 7.92. The Morgan fingerprint density at radius 1 is 1.12 bits per heavy atom. The van der Waals surface area contributed by atoms with Crippen LogP contribution in [-0.4, -0.2) is 32.7 Å². The third kappa shape index (κ3) is 5.10. The highest BCUT2D eigenvalue weighted by Gasteiger charge is 2.16. The van der Waals surface area contributed by atoms with Crippen LogP contribution in [0.5, 0.6) is 11.5 Å². The molecule has 26 heavy (non-hydrogen) atoms. The van der Waals surface area contributed by atoms with Crippen molar-refractivity contribution < 1.29 is 28.2 Å². The Bertz CT molecular complexity index is 812. The van der Waals surface area contributed by atoms with Crippen LogP contribution < -0.4 is 14.8 Å². The van der Waals surface area contributed by atoms with Crippen molar-refractivity contribution in [3.63, 3.8) is 0 Å². The van der Waals surface area contributed by atoms with Crippen molar-refractivity contribution in [2.75, 3.05) is 20.8 Å². The van der Waals surface area contributed by atoms with E-state index in [0.29, 0.717) is 11.3 Å². The molecule has 0 aliphatic heterocycles. The molecular formula is C18H17ClFNO5. The van der Waals surface area contributed by atoms with Crippen molar-refractivity contribution in [3.8, 4) is 11.5 Å². The van der Waals surface area contributed by atoms with Crippen molar-refractivity contribution in [1.29, 1.82) is 0 Å². The van der Waals surface area contributed by atoms with Gasteiger partial charge in [-0.2, -0.15) is 0 Å². The summed E-state index contributed by atoms with van der Waals surface area (Å²) in [4.78, 5) is 23.9. The van der Waals surface area contributed by atoms with E-state index in [1.807, 2.05) is 0 Å². The first-order valence-electron chi connectivity index (χ1n) is 7.54. The number of amides is 1. The second-order valence-corrected chi connectivity index (χ2v) is 5.56. The molecule has 0 saturated heterocycles. The molecule has 0 aromatic heterocycles. The number of hydrogen-bond donors (Lipinski definition) is 1. The summed E-state index contributed by atoms with van der Waals surface area (Å²) >= 11 is 5.88. The summed E-state index contributed by atoms with van der Waals surface area (Å²) < 4.78 is 28.1. The monoisotopic (exact) mass is 381 g/mol. The van der Waals surface area contributed by atoms with E-state index in [4.69, 9.17) is 25.8 Å². The number of benzene rings is 2. The van der Waals surface area contributed by atoms with E-state index in [9.17, 15) is 14.0 Å². The van der Waals surface area contributed by atoms with Gasteiger partial charge in [0, 0.05) is 17.6 Å². The predicted octanol–water partition coefficient (Wildman–Crippen LogP) is 2.97. The maximum atomic E-state index is 13.0. The standard InChI is InChI=1S/C18H17ClFNO5/c1-24-13-5-6-14(16(8-13)25-2)18(23)26-10-17(22)21-9-11-3-4-12(20)7-15(11)19/h3-8H,9-10H2,1-2H3,(H,21,22). The Hall–Kier alpha value is -2.80. The minimum atomic E-state index is -0.709. The van der Waals surface area contributed by atoms with Crippen LogP contribution in [0.4, 0.5) is 4.39 Å². The summed E-state index contributed by atoms with van der Waals surface area (Å²) in [6, 6.07) is 8.45. The Morgan fingerprint density at radius 3 is 2.54 bits per heavy atom. The molecule has 0 unspecified atom stereocenters. The second kappa shape index (κ2) is 9.05. The Kier molecular flexibility index (Phi) is 6.80. The lowest BCUT2D eigenvalue weighted by Crippen LogP contribution is -2.28. The minimum absolute atomic E-state index is 0.0847. The first-order chi connectivity index (χ1) is 12.4. The quantitative estimate of drug-likeness (QED) is 0.746. The highest BCUT2D eigenvalue weighted by atomic mass is 35.5. The SMILES string of the molecule is COc1ccc(C(=O)OCC(=O)NCc2ccc(F)cc2Cl)c(OC)c1. The third-order valence-electron chi connectivity index (χ3n) is 3.45. The molecule has 8 heteroatoms. The smallest absolute Gasteiger partial charge is 0.342 e. The van der Waals surface area contributed by atoms with E-state index in [2.05, 4.69) is 5.32 Å². The van der Waals surface area contributed by atoms with Crippen molar-refractivity contribution >= 4 is 23.5 Å². The fraction of sp³-hybridized carbons (Fsp3) is 0.222. The highest BCUT2D eigenvalue weighted by molar-refractivity contribution is 6.31. The molecule has 0 radical (unpaired) electrons. The topological polar surface area (TPSA) is 73.9 Å². The number of hydrogen-bond acceptors (Lipinski definition) is 5. The Labute approximate surface area is 154 Å². The number of esters is 1. The molecule has 0 spiro atoms. The van der Waals surface area contributed by atoms with E-state index in [1.165, 1.54) is 38.5 Å². The third-order valence-corrected chi connectivity index (χ3v) is 3.81. The summed E-state index contributed by atoms with van der Waals surface area (Å²) in [5, 5.41) is 2.74. The van der Waals surface area contributed by atoms with E-state index in [0.717, 1.165) is 6.07 Å². The molecular weight excluding hydrogens is 365 g/mol. The van der Waals surface area contributed by atoms with Crippen LogP contribution in [0.15, 0.2) is 36.4 Å². The van der Waals surface area contributed by atoms with Gasteiger partial charge in [0.2, 0.25) is 0 Å². The summed E-state index contributed by atoms with van der Waals surface area (Å²) in [7, 11) is 2.90. The number of halogens is 2. The van der Waals surface area contributed by atoms with Crippen LogP contribution in [0.1, 0.15) is 15.9 Å². The number of nitrogens with one attached hydrogen (secondary N) is 1. The molecule has 0 heterocycles. The molecule has 1 amide bonds. The molecule has 0 saturated carbocycles. The van der Waals surface area contributed by atoms with Gasteiger partial charge in [-0.25, -0.2) is 9.18 Å². The maximum absolute atomic E-state index is 13.0. The summed E-state index contributed by atoms with van der Waals surface area (Å²) in [6.07, 6.45) is 0. The average Bonchev–Trinajstić information content (AvgIpc) is 2.64. The zero-order valence-corrected chi connectivity index (χ0v) is 14.9. The van der Waals surface area contributed by atoms with Crippen molar-refractivity contribution in [1.82, 2.24) is 5.32 Å². The molecule has 0 aliphatic carbocycles. The van der Waals surface area contributed by atoms with Crippen molar-refractivity contribution in [2.24, 2.45) is 0 Å². The van der Waals surface area contributed by atoms with Crippen molar-refractivity contribution in [2.45, 2.75) is 6.54 Å². The van der Waals surface area contributed by atoms with Crippen LogP contribution in [0.25, 0.3) is 0 Å². The number of carbonyl (C=O) groups is 2. The number of ether oxygens (including phenoxy) is 3. The van der Waals surface area contributed by atoms with Gasteiger partial charge in [-0.1, -0.05) is 17.7 Å². The van der Waals surface area contributed by atoms with Crippen LogP contribution in [-0.2, 0) is 16.1 Å².